The molecule has 2 aromatic carbocycles. The normalized spacial score (nSPS) is 10.2. The number of anilines is 1. The van der Waals surface area contributed by atoms with Crippen LogP contribution in [0.4, 0.5) is 5.69 Å². The Morgan fingerprint density at radius 1 is 1.04 bits per heavy atom. The van der Waals surface area contributed by atoms with Gasteiger partial charge in [-0.1, -0.05) is 29.8 Å². The molecule has 0 aliphatic rings. The predicted octanol–water partition coefficient (Wildman–Crippen LogP) is 3.66. The second kappa shape index (κ2) is 8.34. The molecule has 0 radical (unpaired) electrons. The van der Waals surface area contributed by atoms with Crippen molar-refractivity contribution in [2.75, 3.05) is 11.9 Å². The second-order valence-electron chi connectivity index (χ2n) is 5.08. The summed E-state index contributed by atoms with van der Waals surface area (Å²) in [7, 11) is 0. The van der Waals surface area contributed by atoms with E-state index in [0.29, 0.717) is 35.7 Å². The topological polar surface area (TPSA) is 58.2 Å². The minimum Gasteiger partial charge on any atom is -0.352 e. The molecule has 120 valence electrons. The number of hydrogen-bond donors (Lipinski definition) is 2. The first-order chi connectivity index (χ1) is 11.1. The molecular weight excluding hydrogens is 312 g/mol. The van der Waals surface area contributed by atoms with E-state index < -0.39 is 0 Å². The van der Waals surface area contributed by atoms with Crippen LogP contribution in [0, 0.1) is 0 Å². The van der Waals surface area contributed by atoms with Crippen molar-refractivity contribution in [1.82, 2.24) is 5.32 Å². The van der Waals surface area contributed by atoms with E-state index >= 15 is 0 Å². The molecule has 2 rings (SSSR count). The highest BCUT2D eigenvalue weighted by Gasteiger charge is 2.07. The zero-order valence-electron chi connectivity index (χ0n) is 12.9. The maximum Gasteiger partial charge on any atom is 0.251 e. The standard InChI is InChI=1S/C18H19ClN2O2/c1-2-20-18(23)14-7-10-15(11-8-14)21-17(22)12-9-13-5-3-4-6-16(13)19/h3-8,10-11H,2,9,12H2,1H3,(H,20,23)(H,21,22). The largest absolute Gasteiger partial charge is 0.352 e. The summed E-state index contributed by atoms with van der Waals surface area (Å²) in [5.41, 5.74) is 2.19. The van der Waals surface area contributed by atoms with E-state index in [2.05, 4.69) is 10.6 Å². The van der Waals surface area contributed by atoms with Gasteiger partial charge in [-0.15, -0.1) is 0 Å². The van der Waals surface area contributed by atoms with Gasteiger partial charge in [0.2, 0.25) is 5.91 Å². The number of benzene rings is 2. The van der Waals surface area contributed by atoms with Crippen LogP contribution in [0.5, 0.6) is 0 Å². The van der Waals surface area contributed by atoms with E-state index in [1.54, 1.807) is 24.3 Å². The lowest BCUT2D eigenvalue weighted by Crippen LogP contribution is -2.22. The Labute approximate surface area is 140 Å². The number of hydrogen-bond acceptors (Lipinski definition) is 2. The van der Waals surface area contributed by atoms with Gasteiger partial charge in [-0.3, -0.25) is 9.59 Å². The van der Waals surface area contributed by atoms with Gasteiger partial charge in [-0.05, 0) is 49.2 Å². The Bertz CT molecular complexity index is 684. The van der Waals surface area contributed by atoms with Crippen molar-refractivity contribution in [3.8, 4) is 0 Å². The maximum atomic E-state index is 12.0. The summed E-state index contributed by atoms with van der Waals surface area (Å²) in [6, 6.07) is 14.3. The van der Waals surface area contributed by atoms with Gasteiger partial charge in [0.05, 0.1) is 0 Å². The van der Waals surface area contributed by atoms with Crippen molar-refractivity contribution in [2.45, 2.75) is 19.8 Å². The summed E-state index contributed by atoms with van der Waals surface area (Å²) in [5.74, 6) is -0.209. The third-order valence-electron chi connectivity index (χ3n) is 3.35. The molecule has 0 atom stereocenters. The van der Waals surface area contributed by atoms with E-state index in [9.17, 15) is 9.59 Å². The van der Waals surface area contributed by atoms with Crippen molar-refractivity contribution in [1.29, 1.82) is 0 Å². The van der Waals surface area contributed by atoms with Gasteiger partial charge < -0.3 is 10.6 Å². The van der Waals surface area contributed by atoms with Crippen LogP contribution in [0.1, 0.15) is 29.3 Å². The van der Waals surface area contributed by atoms with E-state index in [1.165, 1.54) is 0 Å². The van der Waals surface area contributed by atoms with E-state index in [1.807, 2.05) is 31.2 Å². The van der Waals surface area contributed by atoms with Crippen molar-refractivity contribution >= 4 is 29.1 Å². The van der Waals surface area contributed by atoms with Crippen LogP contribution in [-0.4, -0.2) is 18.4 Å². The summed E-state index contributed by atoms with van der Waals surface area (Å²) in [4.78, 5) is 23.6. The third-order valence-corrected chi connectivity index (χ3v) is 3.72. The minimum atomic E-state index is -0.121. The van der Waals surface area contributed by atoms with Crippen molar-refractivity contribution in [3.05, 3.63) is 64.7 Å². The molecule has 0 spiro atoms. The maximum absolute atomic E-state index is 12.0. The van der Waals surface area contributed by atoms with Crippen molar-refractivity contribution < 1.29 is 9.59 Å². The number of rotatable bonds is 6. The van der Waals surface area contributed by atoms with Crippen LogP contribution in [0.25, 0.3) is 0 Å². The summed E-state index contributed by atoms with van der Waals surface area (Å²) in [5, 5.41) is 6.22. The Balaban J connectivity index is 1.88. The Morgan fingerprint density at radius 3 is 2.39 bits per heavy atom. The van der Waals surface area contributed by atoms with Crippen molar-refractivity contribution in [3.63, 3.8) is 0 Å². The average molecular weight is 331 g/mol. The van der Waals surface area contributed by atoms with Crippen molar-refractivity contribution in [2.24, 2.45) is 0 Å². The molecule has 4 nitrogen and oxygen atoms in total. The molecule has 0 aliphatic heterocycles. The second-order valence-corrected chi connectivity index (χ2v) is 5.48. The number of carbonyl (C=O) groups is 2. The van der Waals surface area contributed by atoms with Crippen LogP contribution < -0.4 is 10.6 Å². The van der Waals surface area contributed by atoms with Crippen LogP contribution in [0.3, 0.4) is 0 Å². The van der Waals surface area contributed by atoms with Gasteiger partial charge in [-0.25, -0.2) is 0 Å². The molecule has 0 heterocycles. The van der Waals surface area contributed by atoms with E-state index in [-0.39, 0.29) is 11.8 Å². The molecule has 5 heteroatoms. The highest BCUT2D eigenvalue weighted by atomic mass is 35.5. The molecule has 2 N–H and O–H groups in total. The third kappa shape index (κ3) is 5.11. The molecule has 0 unspecified atom stereocenters. The van der Waals surface area contributed by atoms with Gasteiger partial charge in [-0.2, -0.15) is 0 Å². The Kier molecular flexibility index (Phi) is 6.18. The summed E-state index contributed by atoms with van der Waals surface area (Å²) in [6.45, 7) is 2.45. The van der Waals surface area contributed by atoms with Crippen LogP contribution >= 0.6 is 11.6 Å². The Hall–Kier alpha value is -2.33. The summed E-state index contributed by atoms with van der Waals surface area (Å²) < 4.78 is 0. The van der Waals surface area contributed by atoms with Gasteiger partial charge >= 0.3 is 0 Å². The molecule has 0 aromatic heterocycles. The van der Waals surface area contributed by atoms with Crippen LogP contribution in [0.2, 0.25) is 5.02 Å². The lowest BCUT2D eigenvalue weighted by Gasteiger charge is -2.07. The number of carbonyl (C=O) groups excluding carboxylic acids is 2. The first-order valence-electron chi connectivity index (χ1n) is 7.51. The lowest BCUT2D eigenvalue weighted by molar-refractivity contribution is -0.116. The molecule has 0 fully saturated rings. The zero-order chi connectivity index (χ0) is 16.7. The van der Waals surface area contributed by atoms with Crippen LogP contribution in [-0.2, 0) is 11.2 Å². The smallest absolute Gasteiger partial charge is 0.251 e. The fraction of sp³-hybridized carbons (Fsp3) is 0.222. The first kappa shape index (κ1) is 17.0. The van der Waals surface area contributed by atoms with E-state index in [0.717, 1.165) is 5.56 Å². The van der Waals surface area contributed by atoms with Crippen LogP contribution in [0.15, 0.2) is 48.5 Å². The highest BCUT2D eigenvalue weighted by molar-refractivity contribution is 6.31. The Morgan fingerprint density at radius 2 is 1.74 bits per heavy atom. The van der Waals surface area contributed by atoms with Gasteiger partial charge in [0.1, 0.15) is 0 Å². The SMILES string of the molecule is CCNC(=O)c1ccc(NC(=O)CCc2ccccc2Cl)cc1. The predicted molar refractivity (Wildman–Crippen MR) is 92.9 cm³/mol. The molecule has 2 amide bonds. The fourth-order valence-corrected chi connectivity index (χ4v) is 2.37. The molecule has 0 saturated heterocycles. The number of aryl methyl sites for hydroxylation is 1. The molecule has 0 aliphatic carbocycles. The average Bonchev–Trinajstić information content (AvgIpc) is 2.55. The zero-order valence-corrected chi connectivity index (χ0v) is 13.7. The molecule has 23 heavy (non-hydrogen) atoms. The molecule has 0 bridgehead atoms. The number of halogens is 1. The molecule has 0 saturated carbocycles. The van der Waals surface area contributed by atoms with E-state index in [4.69, 9.17) is 11.6 Å². The molecular formula is C18H19ClN2O2. The highest BCUT2D eigenvalue weighted by Crippen LogP contribution is 2.17. The van der Waals surface area contributed by atoms with Gasteiger partial charge in [0, 0.05) is 29.2 Å². The van der Waals surface area contributed by atoms with Gasteiger partial charge in [0.25, 0.3) is 5.91 Å². The monoisotopic (exact) mass is 330 g/mol. The minimum absolute atomic E-state index is 0.0873. The van der Waals surface area contributed by atoms with Gasteiger partial charge in [0.15, 0.2) is 0 Å². The lowest BCUT2D eigenvalue weighted by atomic mass is 10.1. The number of nitrogens with one attached hydrogen (secondary N) is 2. The fourth-order valence-electron chi connectivity index (χ4n) is 2.14. The summed E-state index contributed by atoms with van der Waals surface area (Å²) >= 11 is 6.07. The summed E-state index contributed by atoms with van der Waals surface area (Å²) in [6.07, 6.45) is 0.935. The molecule has 2 aromatic rings. The first-order valence-corrected chi connectivity index (χ1v) is 7.89. The number of amides is 2. The quantitative estimate of drug-likeness (QED) is 0.849.